The summed E-state index contributed by atoms with van der Waals surface area (Å²) < 4.78 is 195. The molecule has 5 aliphatic rings. The van der Waals surface area contributed by atoms with E-state index < -0.39 is 83.3 Å². The maximum atomic E-state index is 12.5. The summed E-state index contributed by atoms with van der Waals surface area (Å²) in [4.78, 5) is 0.163. The van der Waals surface area contributed by atoms with Crippen LogP contribution in [-0.4, -0.2) is 165 Å². The molecule has 754 valence electrons. The smallest absolute Gasteiger partial charge is 0.360 e. The highest BCUT2D eigenvalue weighted by atomic mass is 32.2. The zero-order valence-corrected chi connectivity index (χ0v) is 85.1. The van der Waals surface area contributed by atoms with Gasteiger partial charge in [0.15, 0.2) is 35.2 Å². The van der Waals surface area contributed by atoms with Crippen LogP contribution in [0.5, 0.6) is 17.2 Å². The zero-order chi connectivity index (χ0) is 97.5. The number of hydrogen-bond donors (Lipinski definition) is 0. The largest absolute Gasteiger partial charge is 0.380 e. The normalized spacial score (nSPS) is 17.2. The molecule has 5 unspecified atom stereocenters. The van der Waals surface area contributed by atoms with Crippen LogP contribution in [0.4, 0.5) is 0 Å². The Morgan fingerprint density at radius 3 is 1.31 bits per heavy atom. The molecule has 5 heterocycles. The molecule has 27 nitrogen and oxygen atoms in total. The van der Waals surface area contributed by atoms with Crippen LogP contribution in [0, 0.1) is 13.8 Å². The molecule has 136 heavy (non-hydrogen) atoms. The predicted molar refractivity (Wildman–Crippen MR) is 527 cm³/mol. The van der Waals surface area contributed by atoms with E-state index >= 15 is 0 Å². The average Bonchev–Trinajstić information content (AvgIpc) is 1.68. The van der Waals surface area contributed by atoms with Crippen molar-refractivity contribution in [2.45, 2.75) is 250 Å². The van der Waals surface area contributed by atoms with Crippen LogP contribution in [0.2, 0.25) is 0 Å². The molecule has 0 amide bonds. The molecule has 5 fully saturated rings. The predicted octanol–water partition coefficient (Wildman–Crippen LogP) is 21.7. The second-order valence-corrected chi connectivity index (χ2v) is 38.8. The van der Waals surface area contributed by atoms with Gasteiger partial charge in [0.1, 0.15) is 17.2 Å². The Balaban J connectivity index is 0.000000203. The second-order valence-electron chi connectivity index (χ2n) is 33.0. The van der Waals surface area contributed by atoms with Crippen molar-refractivity contribution < 1.29 is 120 Å². The van der Waals surface area contributed by atoms with Crippen molar-refractivity contribution in [2.24, 2.45) is 0 Å². The van der Waals surface area contributed by atoms with Crippen LogP contribution in [0.1, 0.15) is 235 Å². The van der Waals surface area contributed by atoms with E-state index in [1.165, 1.54) is 50.5 Å². The molecule has 0 spiro atoms. The lowest BCUT2D eigenvalue weighted by atomic mass is 9.86. The number of para-hydroxylation sites is 1. The summed E-state index contributed by atoms with van der Waals surface area (Å²) >= 11 is -5.48. The second kappa shape index (κ2) is 62.9. The monoisotopic (exact) mass is 1990 g/mol. The molecular formula is C104H146O27S5. The number of rotatable bonds is 51. The summed E-state index contributed by atoms with van der Waals surface area (Å²) in [7, 11) is -7.33. The summed E-state index contributed by atoms with van der Waals surface area (Å²) in [6, 6.07) is 69.8. The Hall–Kier alpha value is -7.17. The highest BCUT2D eigenvalue weighted by molar-refractivity contribution is 7.87. The van der Waals surface area contributed by atoms with Gasteiger partial charge in [0, 0.05) is 67.9 Å². The Labute approximate surface area is 817 Å². The molecule has 32 heteroatoms. The molecule has 5 aliphatic heterocycles. The van der Waals surface area contributed by atoms with Crippen molar-refractivity contribution in [3.8, 4) is 17.2 Å². The van der Waals surface area contributed by atoms with Crippen LogP contribution >= 0.6 is 0 Å². The third-order valence-electron chi connectivity index (χ3n) is 22.9. The Morgan fingerprint density at radius 1 is 0.412 bits per heavy atom. The van der Waals surface area contributed by atoms with Crippen molar-refractivity contribution in [2.75, 3.05) is 118 Å². The number of unbranched alkanes of at least 4 members (excludes halogenated alkanes) is 9. The third-order valence-corrected chi connectivity index (χ3v) is 27.6. The highest BCUT2D eigenvalue weighted by Gasteiger charge is 2.44. The Morgan fingerprint density at radius 2 is 0.831 bits per heavy atom. The molecule has 0 aliphatic carbocycles. The van der Waals surface area contributed by atoms with E-state index in [-0.39, 0.29) is 50.0 Å². The first kappa shape index (κ1) is 114. The van der Waals surface area contributed by atoms with Gasteiger partial charge in [0.05, 0.1) is 110 Å². The number of aryl methyl sites for hydroxylation is 2. The lowest BCUT2D eigenvalue weighted by molar-refractivity contribution is -0.281. The Kier molecular flexibility index (Phi) is 52.8. The SMILES string of the molecule is CC1(CCOS(=O)Oc2ccccc2)OCCO1.CCC(C)c1ccc(S(=O)(=O)OCCC2(c3ccccc3)OCCO2)cc1.CCC(c1ccccc1)C1(CC)OCCO1.CCCCCCCCCCCCS(=O)(=O)OCCC1(c2ccccc2)OCCCO1.CCOC(CCOS(=O)Oc1ccc(C)cc1)(OCC)c1ccccc1.Cc1ccc(OS(=O)OCCC2OCCCO2)cc1. The van der Waals surface area contributed by atoms with Gasteiger partial charge >= 0.3 is 34.1 Å². The quantitative estimate of drug-likeness (QED) is 0.0194. The molecule has 13 rings (SSSR count). The van der Waals surface area contributed by atoms with Crippen LogP contribution in [0.3, 0.4) is 0 Å². The topological polar surface area (TPSA) is 304 Å². The molecule has 5 saturated heterocycles. The molecule has 0 N–H and O–H groups in total. The first-order valence-corrected chi connectivity index (χ1v) is 54.0. The van der Waals surface area contributed by atoms with Crippen LogP contribution in [-0.2, 0) is 149 Å². The van der Waals surface area contributed by atoms with E-state index in [0.717, 1.165) is 91.5 Å². The van der Waals surface area contributed by atoms with Gasteiger partial charge in [-0.05, 0) is 139 Å². The Bertz CT molecular complexity index is 4790. The number of benzene rings is 8. The first-order chi connectivity index (χ1) is 65.9. The fraction of sp³-hybridized carbons (Fsp3) is 0.538. The van der Waals surface area contributed by atoms with Gasteiger partial charge in [-0.15, -0.1) is 0 Å². The summed E-state index contributed by atoms with van der Waals surface area (Å²) in [5, 5.41) is 0. The van der Waals surface area contributed by atoms with Gasteiger partial charge in [-0.2, -0.15) is 29.5 Å². The summed E-state index contributed by atoms with van der Waals surface area (Å²) in [6.07, 6.45) is 18.3. The number of hydrogen-bond acceptors (Lipinski definition) is 27. The lowest BCUT2D eigenvalue weighted by Crippen LogP contribution is -2.39. The third kappa shape index (κ3) is 40.8. The standard InChI is InChI=1S/C24H40O5S.C21H26O5S.C20H26O5S.C14H20O2.C13H18O5S.C12H16O5S/c1-2-3-4-5-6-7-8-9-10-14-22-30(25,26)29-21-18-24(27-19-15-20-28-24)23-16-12-11-13-17-23;1-3-17(2)18-9-11-20(12-10-18)27(22,23)26-14-13-21(24-15-16-25-21)19-7-5-4-6-8-19;1-4-22-20(23-5-2,18-9-7-6-8-10-18)15-16-24-26(21)25-19-13-11-17(3)12-14-19;1-3-13(12-8-6-5-7-9-12)14(4-2)15-10-11-16-14;1-11-3-5-12(6-4-11)18-19(14)17-10-7-13-15-8-2-9-16-13;1-12(14-9-10-15-12)7-8-16-18(13)17-11-5-3-2-4-6-11/h11-13,16-17H,2-10,14-15,18-22H2,1H3;4-12,17H,3,13-16H2,1-2H3;6-14H,4-5,15-16H2,1-3H3;5-9,13H,3-4,10-11H2,1-2H3;3-6,13H,2,7-10H2,1H3;2-6H,7-10H2,1H3. The van der Waals surface area contributed by atoms with Crippen molar-refractivity contribution in [1.82, 2.24) is 0 Å². The fourth-order valence-corrected chi connectivity index (χ4v) is 18.9. The fourth-order valence-electron chi connectivity index (χ4n) is 15.4. The van der Waals surface area contributed by atoms with Gasteiger partial charge in [-0.3, -0.25) is 20.9 Å². The molecule has 5 atom stereocenters. The van der Waals surface area contributed by atoms with E-state index in [9.17, 15) is 29.5 Å². The van der Waals surface area contributed by atoms with Gasteiger partial charge in [-0.1, -0.05) is 279 Å². The van der Waals surface area contributed by atoms with Crippen molar-refractivity contribution in [1.29, 1.82) is 0 Å². The van der Waals surface area contributed by atoms with Crippen LogP contribution in [0.15, 0.2) is 229 Å². The van der Waals surface area contributed by atoms with Crippen LogP contribution < -0.4 is 12.5 Å². The highest BCUT2D eigenvalue weighted by Crippen LogP contribution is 2.42. The number of ether oxygens (including phenoxy) is 12. The van der Waals surface area contributed by atoms with E-state index in [2.05, 4.69) is 58.9 Å². The maximum absolute atomic E-state index is 12.5. The first-order valence-electron chi connectivity index (χ1n) is 48.0. The molecule has 0 radical (unpaired) electrons. The minimum atomic E-state index is -3.82. The summed E-state index contributed by atoms with van der Waals surface area (Å²) in [6.45, 7) is 28.2. The maximum Gasteiger partial charge on any atom is 0.360 e. The van der Waals surface area contributed by atoms with Crippen LogP contribution in [0.25, 0.3) is 0 Å². The zero-order valence-electron chi connectivity index (χ0n) is 81.0. The van der Waals surface area contributed by atoms with E-state index in [1.807, 2.05) is 174 Å². The van der Waals surface area contributed by atoms with Gasteiger partial charge < -0.3 is 69.4 Å². The van der Waals surface area contributed by atoms with E-state index in [0.29, 0.717) is 134 Å². The summed E-state index contributed by atoms with van der Waals surface area (Å²) in [5.74, 6) is -1.47. The van der Waals surface area contributed by atoms with Gasteiger partial charge in [-0.25, -0.2) is 0 Å². The van der Waals surface area contributed by atoms with E-state index in [1.54, 1.807) is 60.7 Å². The molecule has 0 bridgehead atoms. The molecule has 8 aromatic carbocycles. The van der Waals surface area contributed by atoms with Crippen molar-refractivity contribution in [3.05, 3.63) is 263 Å². The minimum Gasteiger partial charge on any atom is -0.380 e. The van der Waals surface area contributed by atoms with Crippen molar-refractivity contribution >= 4 is 54.3 Å². The summed E-state index contributed by atoms with van der Waals surface area (Å²) in [5.41, 5.74) is 7.32. The minimum absolute atomic E-state index is 0.0235. The van der Waals surface area contributed by atoms with E-state index in [4.69, 9.17) is 90.3 Å². The molecule has 8 aromatic rings. The molecule has 0 aromatic heterocycles. The van der Waals surface area contributed by atoms with Gasteiger partial charge in [0.2, 0.25) is 0 Å². The van der Waals surface area contributed by atoms with Crippen molar-refractivity contribution in [3.63, 3.8) is 0 Å². The lowest BCUT2D eigenvalue weighted by Gasteiger charge is -2.37. The molecule has 0 saturated carbocycles. The average molecular weight is 1990 g/mol. The van der Waals surface area contributed by atoms with Gasteiger partial charge in [0.25, 0.3) is 20.2 Å². The molecular weight excluding hydrogens is 1840 g/mol.